The smallest absolute Gasteiger partial charge is 0.0952 e. The number of hydrogen-bond donors (Lipinski definition) is 1. The molecule has 102 valence electrons. The highest BCUT2D eigenvalue weighted by atomic mass is 15.3. The Bertz CT molecular complexity index is 542. The van der Waals surface area contributed by atoms with Crippen LogP contribution >= 0.6 is 0 Å². The SMILES string of the molecule is CC1CCCC(c2cncn2Cc2ccnn2C)N1. The first-order valence-corrected chi connectivity index (χ1v) is 6.97. The second-order valence-electron chi connectivity index (χ2n) is 5.44. The Balaban J connectivity index is 1.80. The lowest BCUT2D eigenvalue weighted by Crippen LogP contribution is -2.35. The summed E-state index contributed by atoms with van der Waals surface area (Å²) < 4.78 is 4.15. The Hall–Kier alpha value is -1.62. The van der Waals surface area contributed by atoms with Gasteiger partial charge in [0.15, 0.2) is 0 Å². The molecule has 2 atom stereocenters. The maximum absolute atomic E-state index is 4.33. The van der Waals surface area contributed by atoms with Gasteiger partial charge in [-0.3, -0.25) is 4.68 Å². The van der Waals surface area contributed by atoms with Gasteiger partial charge >= 0.3 is 0 Å². The number of piperidine rings is 1. The van der Waals surface area contributed by atoms with Crippen molar-refractivity contribution in [3.63, 3.8) is 0 Å². The van der Waals surface area contributed by atoms with E-state index in [0.29, 0.717) is 12.1 Å². The van der Waals surface area contributed by atoms with Crippen molar-refractivity contribution >= 4 is 0 Å². The summed E-state index contributed by atoms with van der Waals surface area (Å²) in [4.78, 5) is 4.33. The maximum atomic E-state index is 4.33. The molecule has 0 amide bonds. The number of nitrogens with zero attached hydrogens (tertiary/aromatic N) is 4. The molecule has 3 rings (SSSR count). The van der Waals surface area contributed by atoms with Crippen LogP contribution in [0.15, 0.2) is 24.8 Å². The topological polar surface area (TPSA) is 47.7 Å². The number of hydrogen-bond acceptors (Lipinski definition) is 3. The van der Waals surface area contributed by atoms with E-state index in [1.165, 1.54) is 30.7 Å². The van der Waals surface area contributed by atoms with E-state index in [9.17, 15) is 0 Å². The fourth-order valence-corrected chi connectivity index (χ4v) is 2.86. The Morgan fingerprint density at radius 2 is 2.32 bits per heavy atom. The third kappa shape index (κ3) is 2.56. The van der Waals surface area contributed by atoms with E-state index < -0.39 is 0 Å². The van der Waals surface area contributed by atoms with Crippen LogP contribution < -0.4 is 5.32 Å². The third-order valence-electron chi connectivity index (χ3n) is 3.97. The molecule has 1 aliphatic heterocycles. The van der Waals surface area contributed by atoms with Crippen molar-refractivity contribution in [2.75, 3.05) is 0 Å². The van der Waals surface area contributed by atoms with Crippen LogP contribution in [-0.4, -0.2) is 25.4 Å². The zero-order chi connectivity index (χ0) is 13.2. The molecule has 0 aliphatic carbocycles. The van der Waals surface area contributed by atoms with Gasteiger partial charge in [-0.2, -0.15) is 5.10 Å². The van der Waals surface area contributed by atoms with Crippen LogP contribution in [-0.2, 0) is 13.6 Å². The third-order valence-corrected chi connectivity index (χ3v) is 3.97. The van der Waals surface area contributed by atoms with Crippen LogP contribution in [0.4, 0.5) is 0 Å². The largest absolute Gasteiger partial charge is 0.327 e. The Labute approximate surface area is 113 Å². The molecule has 0 saturated carbocycles. The zero-order valence-corrected chi connectivity index (χ0v) is 11.6. The van der Waals surface area contributed by atoms with E-state index in [1.807, 2.05) is 30.5 Å². The van der Waals surface area contributed by atoms with Crippen molar-refractivity contribution in [3.8, 4) is 0 Å². The molecule has 2 aromatic rings. The van der Waals surface area contributed by atoms with Crippen LogP contribution in [0, 0.1) is 0 Å². The van der Waals surface area contributed by atoms with Crippen molar-refractivity contribution in [2.24, 2.45) is 7.05 Å². The molecule has 0 radical (unpaired) electrons. The van der Waals surface area contributed by atoms with Crippen LogP contribution in [0.2, 0.25) is 0 Å². The molecule has 1 saturated heterocycles. The highest BCUT2D eigenvalue weighted by Crippen LogP contribution is 2.25. The first-order valence-electron chi connectivity index (χ1n) is 6.97. The number of imidazole rings is 1. The average molecular weight is 259 g/mol. The van der Waals surface area contributed by atoms with Gasteiger partial charge in [-0.25, -0.2) is 4.98 Å². The molecule has 0 bridgehead atoms. The maximum Gasteiger partial charge on any atom is 0.0952 e. The fraction of sp³-hybridized carbons (Fsp3) is 0.571. The number of aryl methyl sites for hydroxylation is 1. The summed E-state index contributed by atoms with van der Waals surface area (Å²) >= 11 is 0. The molecule has 19 heavy (non-hydrogen) atoms. The summed E-state index contributed by atoms with van der Waals surface area (Å²) in [7, 11) is 1.98. The Morgan fingerprint density at radius 3 is 3.05 bits per heavy atom. The minimum absolute atomic E-state index is 0.430. The summed E-state index contributed by atoms with van der Waals surface area (Å²) in [6.45, 7) is 3.09. The highest BCUT2D eigenvalue weighted by molar-refractivity contribution is 5.10. The van der Waals surface area contributed by atoms with E-state index in [0.717, 1.165) is 6.54 Å². The van der Waals surface area contributed by atoms with Crippen molar-refractivity contribution in [3.05, 3.63) is 36.2 Å². The zero-order valence-electron chi connectivity index (χ0n) is 11.6. The Kier molecular flexibility index (Phi) is 3.38. The van der Waals surface area contributed by atoms with Gasteiger partial charge in [0.25, 0.3) is 0 Å². The second-order valence-corrected chi connectivity index (χ2v) is 5.44. The van der Waals surface area contributed by atoms with Crippen molar-refractivity contribution in [2.45, 2.75) is 44.8 Å². The molecule has 0 spiro atoms. The molecule has 1 N–H and O–H groups in total. The summed E-state index contributed by atoms with van der Waals surface area (Å²) in [6.07, 6.45) is 9.51. The lowest BCUT2D eigenvalue weighted by Gasteiger charge is -2.29. The molecular weight excluding hydrogens is 238 g/mol. The van der Waals surface area contributed by atoms with E-state index in [1.54, 1.807) is 0 Å². The average Bonchev–Trinajstić information content (AvgIpc) is 3.00. The Morgan fingerprint density at radius 1 is 1.42 bits per heavy atom. The summed E-state index contributed by atoms with van der Waals surface area (Å²) in [5, 5.41) is 7.89. The van der Waals surface area contributed by atoms with Gasteiger partial charge in [0.2, 0.25) is 0 Å². The molecule has 0 aromatic carbocycles. The van der Waals surface area contributed by atoms with Crippen LogP contribution in [0.25, 0.3) is 0 Å². The standard InChI is InChI=1S/C14H21N5/c1-11-4-3-5-13(17-11)14-8-15-10-19(14)9-12-6-7-16-18(12)2/h6-8,10-11,13,17H,3-5,9H2,1-2H3. The summed E-state index contributed by atoms with van der Waals surface area (Å²) in [6, 6.07) is 3.08. The van der Waals surface area contributed by atoms with Crippen molar-refractivity contribution < 1.29 is 0 Å². The normalized spacial score (nSPS) is 23.7. The number of rotatable bonds is 3. The minimum Gasteiger partial charge on any atom is -0.327 e. The molecular formula is C14H21N5. The van der Waals surface area contributed by atoms with E-state index >= 15 is 0 Å². The lowest BCUT2D eigenvalue weighted by molar-refractivity contribution is 0.330. The molecule has 3 heterocycles. The minimum atomic E-state index is 0.430. The van der Waals surface area contributed by atoms with Gasteiger partial charge < -0.3 is 9.88 Å². The van der Waals surface area contributed by atoms with Crippen molar-refractivity contribution in [1.29, 1.82) is 0 Å². The molecule has 2 unspecified atom stereocenters. The predicted octanol–water partition coefficient (Wildman–Crippen LogP) is 1.87. The van der Waals surface area contributed by atoms with Gasteiger partial charge in [0, 0.05) is 31.5 Å². The van der Waals surface area contributed by atoms with Gasteiger partial charge in [-0.1, -0.05) is 0 Å². The fourth-order valence-electron chi connectivity index (χ4n) is 2.86. The van der Waals surface area contributed by atoms with Crippen molar-refractivity contribution in [1.82, 2.24) is 24.6 Å². The second kappa shape index (κ2) is 5.17. The monoisotopic (exact) mass is 259 g/mol. The molecule has 5 heteroatoms. The van der Waals surface area contributed by atoms with Crippen LogP contribution in [0.1, 0.15) is 43.6 Å². The molecule has 1 fully saturated rings. The van der Waals surface area contributed by atoms with Gasteiger partial charge in [-0.15, -0.1) is 0 Å². The van der Waals surface area contributed by atoms with Gasteiger partial charge in [0.1, 0.15) is 0 Å². The van der Waals surface area contributed by atoms with E-state index in [2.05, 4.69) is 33.0 Å². The summed E-state index contributed by atoms with van der Waals surface area (Å²) in [5.41, 5.74) is 2.48. The molecule has 2 aromatic heterocycles. The predicted molar refractivity (Wildman–Crippen MR) is 73.7 cm³/mol. The summed E-state index contributed by atoms with van der Waals surface area (Å²) in [5.74, 6) is 0. The van der Waals surface area contributed by atoms with E-state index in [-0.39, 0.29) is 0 Å². The van der Waals surface area contributed by atoms with Gasteiger partial charge in [-0.05, 0) is 32.3 Å². The van der Waals surface area contributed by atoms with Gasteiger partial charge in [0.05, 0.1) is 24.3 Å². The highest BCUT2D eigenvalue weighted by Gasteiger charge is 2.22. The van der Waals surface area contributed by atoms with Crippen LogP contribution in [0.3, 0.4) is 0 Å². The lowest BCUT2D eigenvalue weighted by atomic mass is 9.97. The number of aromatic nitrogens is 4. The van der Waals surface area contributed by atoms with E-state index in [4.69, 9.17) is 0 Å². The molecule has 5 nitrogen and oxygen atoms in total. The number of nitrogens with one attached hydrogen (secondary N) is 1. The molecule has 1 aliphatic rings. The quantitative estimate of drug-likeness (QED) is 0.915. The van der Waals surface area contributed by atoms with Crippen LogP contribution in [0.5, 0.6) is 0 Å². The first-order chi connectivity index (χ1) is 9.24. The first kappa shape index (κ1) is 12.4.